The molecule has 0 amide bonds. The summed E-state index contributed by atoms with van der Waals surface area (Å²) in [5, 5.41) is 30.4. The Labute approximate surface area is 189 Å². The zero-order chi connectivity index (χ0) is 23.1. The van der Waals surface area contributed by atoms with Crippen molar-refractivity contribution in [3.8, 4) is 11.5 Å². The maximum atomic E-state index is 13.1. The van der Waals surface area contributed by atoms with Gasteiger partial charge in [-0.15, -0.1) is 10.2 Å². The van der Waals surface area contributed by atoms with E-state index >= 15 is 0 Å². The summed E-state index contributed by atoms with van der Waals surface area (Å²) in [6, 6.07) is 14.9. The number of sulfonamides is 1. The summed E-state index contributed by atoms with van der Waals surface area (Å²) in [5.41, 5.74) is 0.371. The second kappa shape index (κ2) is 10.6. The van der Waals surface area contributed by atoms with Crippen LogP contribution in [0, 0.1) is 0 Å². The minimum Gasteiger partial charge on any atom is -0.506 e. The SMILES string of the molecule is CCCCN(CCCC)S(=O)(=O)c1ccc(N=Nc2cc3ccccc3cc2O)c(O)c1. The highest BCUT2D eigenvalue weighted by Crippen LogP contribution is 2.35. The molecule has 0 fully saturated rings. The highest BCUT2D eigenvalue weighted by molar-refractivity contribution is 7.89. The predicted octanol–water partition coefficient (Wildman–Crippen LogP) is 6.26. The summed E-state index contributed by atoms with van der Waals surface area (Å²) in [4.78, 5) is 0.0229. The number of benzene rings is 3. The van der Waals surface area contributed by atoms with Gasteiger partial charge in [0.05, 0.1) is 4.90 Å². The molecule has 0 aromatic heterocycles. The smallest absolute Gasteiger partial charge is 0.243 e. The number of azo groups is 1. The number of aromatic hydroxyl groups is 2. The molecule has 0 aliphatic carbocycles. The number of rotatable bonds is 10. The summed E-state index contributed by atoms with van der Waals surface area (Å²) in [6.07, 6.45) is 3.33. The Morgan fingerprint density at radius 1 is 0.781 bits per heavy atom. The van der Waals surface area contributed by atoms with Crippen LogP contribution in [0.1, 0.15) is 39.5 Å². The van der Waals surface area contributed by atoms with E-state index in [2.05, 4.69) is 10.2 Å². The van der Waals surface area contributed by atoms with Crippen LogP contribution in [0.25, 0.3) is 10.8 Å². The maximum Gasteiger partial charge on any atom is 0.243 e. The van der Waals surface area contributed by atoms with Crippen LogP contribution in [0.2, 0.25) is 0 Å². The first-order chi connectivity index (χ1) is 15.4. The summed E-state index contributed by atoms with van der Waals surface area (Å²) < 4.78 is 27.6. The molecule has 0 radical (unpaired) electrons. The van der Waals surface area contributed by atoms with Crippen molar-refractivity contribution in [3.05, 3.63) is 54.6 Å². The first-order valence-corrected chi connectivity index (χ1v) is 12.3. The highest BCUT2D eigenvalue weighted by atomic mass is 32.2. The van der Waals surface area contributed by atoms with Crippen LogP contribution in [-0.2, 0) is 10.0 Å². The van der Waals surface area contributed by atoms with E-state index in [1.54, 1.807) is 12.1 Å². The van der Waals surface area contributed by atoms with Crippen LogP contribution in [0.3, 0.4) is 0 Å². The molecule has 3 rings (SSSR count). The number of hydrogen-bond donors (Lipinski definition) is 2. The topological polar surface area (TPSA) is 103 Å². The minimum absolute atomic E-state index is 0.0229. The molecule has 170 valence electrons. The Bertz CT molecular complexity index is 1200. The van der Waals surface area contributed by atoms with Gasteiger partial charge in [0.15, 0.2) is 0 Å². The van der Waals surface area contributed by atoms with Crippen molar-refractivity contribution in [2.24, 2.45) is 10.2 Å². The Kier molecular flexibility index (Phi) is 7.82. The Morgan fingerprint density at radius 3 is 1.94 bits per heavy atom. The average Bonchev–Trinajstić information content (AvgIpc) is 2.78. The molecule has 3 aromatic rings. The van der Waals surface area contributed by atoms with Crippen LogP contribution in [0.5, 0.6) is 11.5 Å². The molecule has 8 heteroatoms. The van der Waals surface area contributed by atoms with Crippen LogP contribution in [-0.4, -0.2) is 36.0 Å². The van der Waals surface area contributed by atoms with E-state index in [1.165, 1.54) is 22.5 Å². The fourth-order valence-corrected chi connectivity index (χ4v) is 4.86. The van der Waals surface area contributed by atoms with Crippen molar-refractivity contribution in [2.45, 2.75) is 44.4 Å². The molecule has 0 saturated heterocycles. The van der Waals surface area contributed by atoms with Gasteiger partial charge < -0.3 is 10.2 Å². The van der Waals surface area contributed by atoms with Crippen molar-refractivity contribution in [3.63, 3.8) is 0 Å². The lowest BCUT2D eigenvalue weighted by atomic mass is 10.1. The van der Waals surface area contributed by atoms with E-state index in [1.807, 2.05) is 38.1 Å². The van der Waals surface area contributed by atoms with Crippen molar-refractivity contribution in [2.75, 3.05) is 13.1 Å². The average molecular weight is 456 g/mol. The first-order valence-electron chi connectivity index (χ1n) is 10.8. The summed E-state index contributed by atoms with van der Waals surface area (Å²) in [5.74, 6) is -0.324. The zero-order valence-corrected chi connectivity index (χ0v) is 19.2. The van der Waals surface area contributed by atoms with Gasteiger partial charge in [-0.3, -0.25) is 0 Å². The van der Waals surface area contributed by atoms with Gasteiger partial charge in [0.2, 0.25) is 10.0 Å². The van der Waals surface area contributed by atoms with Crippen molar-refractivity contribution in [1.29, 1.82) is 0 Å². The van der Waals surface area contributed by atoms with Crippen LogP contribution in [0.4, 0.5) is 11.4 Å². The highest BCUT2D eigenvalue weighted by Gasteiger charge is 2.24. The largest absolute Gasteiger partial charge is 0.506 e. The van der Waals surface area contributed by atoms with Crippen molar-refractivity contribution < 1.29 is 18.6 Å². The molecule has 32 heavy (non-hydrogen) atoms. The molecule has 2 N–H and O–H groups in total. The van der Waals surface area contributed by atoms with Gasteiger partial charge in [0, 0.05) is 19.2 Å². The normalized spacial score (nSPS) is 12.2. The monoisotopic (exact) mass is 455 g/mol. The van der Waals surface area contributed by atoms with E-state index in [-0.39, 0.29) is 27.8 Å². The fourth-order valence-electron chi connectivity index (χ4n) is 3.32. The van der Waals surface area contributed by atoms with Gasteiger partial charge in [0.25, 0.3) is 0 Å². The molecular formula is C24H29N3O4S. The van der Waals surface area contributed by atoms with Gasteiger partial charge in [-0.25, -0.2) is 8.42 Å². The number of nitrogens with zero attached hydrogens (tertiary/aromatic N) is 3. The van der Waals surface area contributed by atoms with E-state index in [4.69, 9.17) is 0 Å². The first kappa shape index (κ1) is 23.7. The van der Waals surface area contributed by atoms with Crippen molar-refractivity contribution in [1.82, 2.24) is 4.31 Å². The standard InChI is InChI=1S/C24H29N3O4S/c1-3-5-13-27(14-6-4-2)32(30,31)20-11-12-21(24(29)17-20)25-26-22-15-18-9-7-8-10-19(18)16-23(22)28/h7-12,15-17,28-29H,3-6,13-14H2,1-2H3. The number of fused-ring (bicyclic) bond motifs is 1. The molecule has 0 aliphatic rings. The molecule has 0 bridgehead atoms. The fraction of sp³-hybridized carbons (Fsp3) is 0.333. The minimum atomic E-state index is -3.72. The van der Waals surface area contributed by atoms with Gasteiger partial charge in [-0.1, -0.05) is 51.0 Å². The van der Waals surface area contributed by atoms with Gasteiger partial charge in [-0.2, -0.15) is 4.31 Å². The van der Waals surface area contributed by atoms with Crippen molar-refractivity contribution >= 4 is 32.2 Å². The molecule has 0 aliphatic heterocycles. The van der Waals surface area contributed by atoms with E-state index in [9.17, 15) is 18.6 Å². The third-order valence-corrected chi connectivity index (χ3v) is 7.11. The summed E-state index contributed by atoms with van der Waals surface area (Å²) in [6.45, 7) is 4.93. The quantitative estimate of drug-likeness (QED) is 0.352. The molecular weight excluding hydrogens is 426 g/mol. The van der Waals surface area contributed by atoms with E-state index in [0.717, 1.165) is 36.5 Å². The Hall–Kier alpha value is -2.97. The molecule has 0 spiro atoms. The molecule has 0 heterocycles. The van der Waals surface area contributed by atoms with E-state index < -0.39 is 10.0 Å². The second-order valence-electron chi connectivity index (χ2n) is 7.65. The molecule has 7 nitrogen and oxygen atoms in total. The zero-order valence-electron chi connectivity index (χ0n) is 18.4. The van der Waals surface area contributed by atoms with Gasteiger partial charge >= 0.3 is 0 Å². The third kappa shape index (κ3) is 5.44. The van der Waals surface area contributed by atoms with Crippen LogP contribution >= 0.6 is 0 Å². The van der Waals surface area contributed by atoms with E-state index in [0.29, 0.717) is 13.1 Å². The second-order valence-corrected chi connectivity index (χ2v) is 9.59. The lowest BCUT2D eigenvalue weighted by Gasteiger charge is -2.22. The molecule has 0 unspecified atom stereocenters. The lowest BCUT2D eigenvalue weighted by molar-refractivity contribution is 0.394. The third-order valence-electron chi connectivity index (χ3n) is 5.22. The number of hydrogen-bond acceptors (Lipinski definition) is 6. The number of phenolic OH excluding ortho intramolecular Hbond substituents is 2. The summed E-state index contributed by atoms with van der Waals surface area (Å²) in [7, 11) is -3.72. The predicted molar refractivity (Wildman–Crippen MR) is 126 cm³/mol. The van der Waals surface area contributed by atoms with Gasteiger partial charge in [0.1, 0.15) is 22.9 Å². The molecule has 0 atom stereocenters. The maximum absolute atomic E-state index is 13.1. The summed E-state index contributed by atoms with van der Waals surface area (Å²) >= 11 is 0. The van der Waals surface area contributed by atoms with Crippen LogP contribution in [0.15, 0.2) is 69.7 Å². The van der Waals surface area contributed by atoms with Crippen LogP contribution < -0.4 is 0 Å². The Balaban J connectivity index is 1.86. The van der Waals surface area contributed by atoms with Gasteiger partial charge in [-0.05, 0) is 47.9 Å². The number of unbranched alkanes of at least 4 members (excludes halogenated alkanes) is 2. The lowest BCUT2D eigenvalue weighted by Crippen LogP contribution is -2.33. The molecule has 3 aromatic carbocycles. The molecule has 0 saturated carbocycles. The Morgan fingerprint density at radius 2 is 1.34 bits per heavy atom. The number of phenols is 2.